The van der Waals surface area contributed by atoms with Crippen LogP contribution in [0.15, 0.2) is 0 Å². The van der Waals surface area contributed by atoms with Crippen LogP contribution in [0.4, 0.5) is 0 Å². The van der Waals surface area contributed by atoms with E-state index in [-0.39, 0.29) is 11.0 Å². The van der Waals surface area contributed by atoms with Crippen molar-refractivity contribution in [2.24, 2.45) is 18.4 Å². The molecule has 5 heteroatoms. The zero-order valence-corrected chi connectivity index (χ0v) is 12.2. The van der Waals surface area contributed by atoms with Crippen LogP contribution in [-0.4, -0.2) is 32.3 Å². The zero-order valence-electron chi connectivity index (χ0n) is 12.2. The van der Waals surface area contributed by atoms with Crippen LogP contribution in [0.25, 0.3) is 0 Å². The maximum atomic E-state index is 4.32. The van der Waals surface area contributed by atoms with Crippen molar-refractivity contribution in [2.45, 2.75) is 52.5 Å². The molecule has 0 bridgehead atoms. The summed E-state index contributed by atoms with van der Waals surface area (Å²) >= 11 is 0. The molecule has 1 atom stereocenters. The van der Waals surface area contributed by atoms with Crippen molar-refractivity contribution in [1.29, 1.82) is 0 Å². The summed E-state index contributed by atoms with van der Waals surface area (Å²) < 4.78 is 0. The van der Waals surface area contributed by atoms with Gasteiger partial charge < -0.3 is 5.32 Å². The summed E-state index contributed by atoms with van der Waals surface area (Å²) in [5, 5.41) is 16.0. The van der Waals surface area contributed by atoms with Crippen molar-refractivity contribution < 1.29 is 0 Å². The Labute approximate surface area is 109 Å². The Morgan fingerprint density at radius 1 is 1.28 bits per heavy atom. The van der Waals surface area contributed by atoms with Gasteiger partial charge >= 0.3 is 0 Å². The summed E-state index contributed by atoms with van der Waals surface area (Å²) in [5.41, 5.74) is 0.405. The van der Waals surface area contributed by atoms with Crippen molar-refractivity contribution in [3.05, 3.63) is 5.82 Å². The number of aryl methyl sites for hydroxylation is 1. The van der Waals surface area contributed by atoms with Gasteiger partial charge in [0.1, 0.15) is 0 Å². The quantitative estimate of drug-likeness (QED) is 0.863. The lowest BCUT2D eigenvalue weighted by Crippen LogP contribution is -2.44. The van der Waals surface area contributed by atoms with Crippen LogP contribution in [0.3, 0.4) is 0 Å². The fourth-order valence-corrected chi connectivity index (χ4v) is 2.35. The average molecular weight is 251 g/mol. The van der Waals surface area contributed by atoms with E-state index in [4.69, 9.17) is 0 Å². The maximum absolute atomic E-state index is 4.32. The molecule has 102 valence electrons. The number of rotatable bonds is 5. The molecule has 18 heavy (non-hydrogen) atoms. The Bertz CT molecular complexity index is 402. The average Bonchev–Trinajstić information content (AvgIpc) is 3.01. The summed E-state index contributed by atoms with van der Waals surface area (Å²) in [6.07, 6.45) is 3.58. The molecular formula is C13H25N5. The lowest BCUT2D eigenvalue weighted by Gasteiger charge is -2.33. The van der Waals surface area contributed by atoms with Crippen LogP contribution in [-0.2, 0) is 13.5 Å². The van der Waals surface area contributed by atoms with Gasteiger partial charge in [-0.15, -0.1) is 10.2 Å². The lowest BCUT2D eigenvalue weighted by atomic mass is 9.80. The molecule has 1 aromatic heterocycles. The van der Waals surface area contributed by atoms with Crippen molar-refractivity contribution in [3.63, 3.8) is 0 Å². The standard InChI is InChI=1S/C13H25N5/c1-12(2,3)14-9-13(4,10-6-7-10)8-11-15-17-18(5)16-11/h10,14H,6-9H2,1-5H3. The number of hydrogen-bond donors (Lipinski definition) is 1. The van der Waals surface area contributed by atoms with E-state index in [1.54, 1.807) is 4.80 Å². The van der Waals surface area contributed by atoms with E-state index in [1.165, 1.54) is 12.8 Å². The highest BCUT2D eigenvalue weighted by molar-refractivity contribution is 4.99. The number of nitrogens with zero attached hydrogens (tertiary/aromatic N) is 4. The molecular weight excluding hydrogens is 226 g/mol. The molecule has 1 saturated carbocycles. The molecule has 0 aromatic carbocycles. The van der Waals surface area contributed by atoms with Crippen LogP contribution < -0.4 is 5.32 Å². The molecule has 2 rings (SSSR count). The first-order valence-electron chi connectivity index (χ1n) is 6.76. The van der Waals surface area contributed by atoms with Gasteiger partial charge in [0.25, 0.3) is 0 Å². The fourth-order valence-electron chi connectivity index (χ4n) is 2.35. The zero-order chi connectivity index (χ0) is 13.4. The van der Waals surface area contributed by atoms with Gasteiger partial charge in [-0.1, -0.05) is 6.92 Å². The van der Waals surface area contributed by atoms with Gasteiger partial charge in [0.2, 0.25) is 0 Å². The van der Waals surface area contributed by atoms with E-state index in [0.29, 0.717) is 0 Å². The molecule has 0 aliphatic heterocycles. The second-order valence-electron chi connectivity index (χ2n) is 6.90. The largest absolute Gasteiger partial charge is 0.312 e. The van der Waals surface area contributed by atoms with Crippen molar-refractivity contribution in [3.8, 4) is 0 Å². The van der Waals surface area contributed by atoms with Crippen LogP contribution in [0.2, 0.25) is 0 Å². The molecule has 1 aliphatic rings. The minimum absolute atomic E-state index is 0.159. The minimum Gasteiger partial charge on any atom is -0.312 e. The SMILES string of the molecule is Cn1nnc(CC(C)(CNC(C)(C)C)C2CC2)n1. The fraction of sp³-hybridized carbons (Fsp3) is 0.923. The predicted molar refractivity (Wildman–Crippen MR) is 71.1 cm³/mol. The van der Waals surface area contributed by atoms with E-state index < -0.39 is 0 Å². The van der Waals surface area contributed by atoms with Gasteiger partial charge in [-0.2, -0.15) is 4.80 Å². The number of aromatic nitrogens is 4. The molecule has 1 unspecified atom stereocenters. The maximum Gasteiger partial charge on any atom is 0.175 e. The molecule has 1 aromatic rings. The highest BCUT2D eigenvalue weighted by atomic mass is 15.6. The van der Waals surface area contributed by atoms with Gasteiger partial charge in [0.15, 0.2) is 5.82 Å². The Hall–Kier alpha value is -0.970. The molecule has 0 saturated heterocycles. The minimum atomic E-state index is 0.159. The Morgan fingerprint density at radius 3 is 2.39 bits per heavy atom. The van der Waals surface area contributed by atoms with Crippen molar-refractivity contribution in [2.75, 3.05) is 6.54 Å². The number of tetrazole rings is 1. The smallest absolute Gasteiger partial charge is 0.175 e. The number of hydrogen-bond acceptors (Lipinski definition) is 4. The van der Waals surface area contributed by atoms with Gasteiger partial charge in [-0.25, -0.2) is 0 Å². The van der Waals surface area contributed by atoms with Crippen molar-refractivity contribution in [1.82, 2.24) is 25.5 Å². The molecule has 1 N–H and O–H groups in total. The van der Waals surface area contributed by atoms with Gasteiger partial charge in [0, 0.05) is 18.5 Å². The second kappa shape index (κ2) is 4.61. The van der Waals surface area contributed by atoms with Gasteiger partial charge in [-0.05, 0) is 50.2 Å². The van der Waals surface area contributed by atoms with Crippen LogP contribution >= 0.6 is 0 Å². The Kier molecular flexibility index (Phi) is 3.45. The predicted octanol–water partition coefficient (Wildman–Crippen LogP) is 1.56. The molecule has 1 heterocycles. The first kappa shape index (κ1) is 13.5. The summed E-state index contributed by atoms with van der Waals surface area (Å²) in [4.78, 5) is 1.54. The summed E-state index contributed by atoms with van der Waals surface area (Å²) in [6.45, 7) is 9.99. The molecule has 0 spiro atoms. The number of nitrogens with one attached hydrogen (secondary N) is 1. The monoisotopic (exact) mass is 251 g/mol. The molecule has 0 radical (unpaired) electrons. The first-order valence-corrected chi connectivity index (χ1v) is 6.76. The van der Waals surface area contributed by atoms with Gasteiger partial charge in [0.05, 0.1) is 7.05 Å². The normalized spacial score (nSPS) is 19.8. The van der Waals surface area contributed by atoms with Crippen LogP contribution in [0.1, 0.15) is 46.4 Å². The van der Waals surface area contributed by atoms with Gasteiger partial charge in [-0.3, -0.25) is 0 Å². The highest BCUT2D eigenvalue weighted by Gasteiger charge is 2.42. The van der Waals surface area contributed by atoms with E-state index in [2.05, 4.69) is 48.4 Å². The molecule has 1 aliphatic carbocycles. The van der Waals surface area contributed by atoms with E-state index >= 15 is 0 Å². The molecule has 5 nitrogen and oxygen atoms in total. The third kappa shape index (κ3) is 3.51. The molecule has 1 fully saturated rings. The Morgan fingerprint density at radius 2 is 1.94 bits per heavy atom. The lowest BCUT2D eigenvalue weighted by molar-refractivity contribution is 0.223. The first-order chi connectivity index (χ1) is 8.28. The Balaban J connectivity index is 2.02. The van der Waals surface area contributed by atoms with Crippen molar-refractivity contribution >= 4 is 0 Å². The summed E-state index contributed by atoms with van der Waals surface area (Å²) in [7, 11) is 1.82. The summed E-state index contributed by atoms with van der Waals surface area (Å²) in [5.74, 6) is 1.67. The summed E-state index contributed by atoms with van der Waals surface area (Å²) in [6, 6.07) is 0. The molecule has 0 amide bonds. The third-order valence-corrected chi connectivity index (χ3v) is 3.70. The third-order valence-electron chi connectivity index (χ3n) is 3.70. The second-order valence-corrected chi connectivity index (χ2v) is 6.90. The topological polar surface area (TPSA) is 55.6 Å². The van der Waals surface area contributed by atoms with Crippen LogP contribution in [0.5, 0.6) is 0 Å². The van der Waals surface area contributed by atoms with E-state index in [9.17, 15) is 0 Å². The highest BCUT2D eigenvalue weighted by Crippen LogP contribution is 2.46. The van der Waals surface area contributed by atoms with E-state index in [0.717, 1.165) is 24.7 Å². The van der Waals surface area contributed by atoms with Crippen LogP contribution in [0, 0.1) is 11.3 Å². The van der Waals surface area contributed by atoms with E-state index in [1.807, 2.05) is 7.05 Å².